The van der Waals surface area contributed by atoms with Crippen LogP contribution in [0.2, 0.25) is 0 Å². The summed E-state index contributed by atoms with van der Waals surface area (Å²) in [7, 11) is -3.67. The quantitative estimate of drug-likeness (QED) is 0.694. The van der Waals surface area contributed by atoms with E-state index < -0.39 is 16.1 Å². The summed E-state index contributed by atoms with van der Waals surface area (Å²) in [5.41, 5.74) is 1.39. The molecule has 0 spiro atoms. The van der Waals surface area contributed by atoms with E-state index >= 15 is 0 Å². The van der Waals surface area contributed by atoms with E-state index in [0.717, 1.165) is 11.8 Å². The summed E-state index contributed by atoms with van der Waals surface area (Å²) >= 11 is 0. The monoisotopic (exact) mass is 404 g/mol. The van der Waals surface area contributed by atoms with Crippen molar-refractivity contribution in [3.8, 4) is 5.75 Å². The van der Waals surface area contributed by atoms with E-state index in [1.165, 1.54) is 4.31 Å². The number of anilines is 1. The van der Waals surface area contributed by atoms with E-state index in [0.29, 0.717) is 24.5 Å². The lowest BCUT2D eigenvalue weighted by molar-refractivity contribution is -0.122. The normalized spacial score (nSPS) is 13.4. The Labute approximate surface area is 167 Å². The number of benzene rings is 2. The van der Waals surface area contributed by atoms with Gasteiger partial charge in [-0.05, 0) is 50.1 Å². The molecule has 0 heterocycles. The minimum absolute atomic E-state index is 0.232. The van der Waals surface area contributed by atoms with Crippen LogP contribution in [0.3, 0.4) is 0 Å². The summed E-state index contributed by atoms with van der Waals surface area (Å²) in [6.07, 6.45) is 1.45. The molecule has 28 heavy (non-hydrogen) atoms. The maximum atomic E-state index is 12.9. The second-order valence-corrected chi connectivity index (χ2v) is 8.41. The molecule has 0 bridgehead atoms. The average molecular weight is 405 g/mol. The number of rotatable bonds is 9. The molecule has 0 saturated heterocycles. The maximum Gasteiger partial charge on any atom is 0.244 e. The van der Waals surface area contributed by atoms with Gasteiger partial charge in [-0.3, -0.25) is 9.10 Å². The molecule has 1 N–H and O–H groups in total. The molecule has 2 rings (SSSR count). The van der Waals surface area contributed by atoms with Gasteiger partial charge in [-0.15, -0.1) is 0 Å². The molecule has 0 aliphatic carbocycles. The number of hydrogen-bond donors (Lipinski definition) is 1. The highest BCUT2D eigenvalue weighted by Crippen LogP contribution is 2.25. The number of nitrogens with one attached hydrogen (secondary N) is 1. The van der Waals surface area contributed by atoms with Crippen molar-refractivity contribution in [2.24, 2.45) is 0 Å². The highest BCUT2D eigenvalue weighted by atomic mass is 32.2. The largest absolute Gasteiger partial charge is 0.494 e. The van der Waals surface area contributed by atoms with Gasteiger partial charge in [0, 0.05) is 0 Å². The van der Waals surface area contributed by atoms with Gasteiger partial charge in [-0.25, -0.2) is 8.42 Å². The second-order valence-electron chi connectivity index (χ2n) is 6.55. The SMILES string of the molecule is CCOc1ccc(N([C@H](CC)C(=O)N[C@H](C)c2ccccc2)S(C)(=O)=O)cc1. The number of hydrogen-bond acceptors (Lipinski definition) is 4. The minimum Gasteiger partial charge on any atom is -0.494 e. The van der Waals surface area contributed by atoms with Crippen LogP contribution in [0.4, 0.5) is 5.69 Å². The molecule has 6 nitrogen and oxygen atoms in total. The molecule has 0 aliphatic rings. The fraction of sp³-hybridized carbons (Fsp3) is 0.381. The van der Waals surface area contributed by atoms with Crippen molar-refractivity contribution in [1.29, 1.82) is 0 Å². The number of amides is 1. The Kier molecular flexibility index (Phi) is 7.45. The van der Waals surface area contributed by atoms with Crippen molar-refractivity contribution in [2.45, 2.75) is 39.3 Å². The van der Waals surface area contributed by atoms with Gasteiger partial charge in [0.2, 0.25) is 15.9 Å². The van der Waals surface area contributed by atoms with Crippen LogP contribution in [0.5, 0.6) is 5.75 Å². The molecular weight excluding hydrogens is 376 g/mol. The van der Waals surface area contributed by atoms with Crippen LogP contribution in [-0.4, -0.2) is 33.2 Å². The van der Waals surface area contributed by atoms with Crippen molar-refractivity contribution < 1.29 is 17.9 Å². The minimum atomic E-state index is -3.67. The highest BCUT2D eigenvalue weighted by molar-refractivity contribution is 7.92. The molecule has 0 aliphatic heterocycles. The summed E-state index contributed by atoms with van der Waals surface area (Å²) in [6, 6.07) is 15.2. The number of carbonyl (C=O) groups excluding carboxylic acids is 1. The maximum absolute atomic E-state index is 12.9. The molecule has 0 aromatic heterocycles. The number of carbonyl (C=O) groups is 1. The number of ether oxygens (including phenoxy) is 1. The van der Waals surface area contributed by atoms with Crippen LogP contribution in [0.25, 0.3) is 0 Å². The van der Waals surface area contributed by atoms with E-state index in [1.54, 1.807) is 31.2 Å². The predicted molar refractivity (Wildman–Crippen MR) is 112 cm³/mol. The van der Waals surface area contributed by atoms with Crippen LogP contribution < -0.4 is 14.4 Å². The zero-order valence-corrected chi connectivity index (χ0v) is 17.6. The van der Waals surface area contributed by atoms with Crippen molar-refractivity contribution in [1.82, 2.24) is 5.32 Å². The summed E-state index contributed by atoms with van der Waals surface area (Å²) in [6.45, 7) is 6.07. The van der Waals surface area contributed by atoms with Crippen LogP contribution in [0, 0.1) is 0 Å². The van der Waals surface area contributed by atoms with Crippen LogP contribution in [0.1, 0.15) is 38.8 Å². The Morgan fingerprint density at radius 1 is 1.07 bits per heavy atom. The van der Waals surface area contributed by atoms with Gasteiger partial charge in [0.25, 0.3) is 0 Å². The van der Waals surface area contributed by atoms with Crippen LogP contribution in [-0.2, 0) is 14.8 Å². The fourth-order valence-corrected chi connectivity index (χ4v) is 4.26. The zero-order valence-electron chi connectivity index (χ0n) is 16.8. The third-order valence-corrected chi connectivity index (χ3v) is 5.57. The van der Waals surface area contributed by atoms with Gasteiger partial charge in [0.1, 0.15) is 11.8 Å². The van der Waals surface area contributed by atoms with Crippen molar-refractivity contribution >= 4 is 21.6 Å². The molecule has 2 aromatic carbocycles. The van der Waals surface area contributed by atoms with E-state index in [1.807, 2.05) is 44.2 Å². The van der Waals surface area contributed by atoms with E-state index in [-0.39, 0.29) is 11.9 Å². The molecule has 152 valence electrons. The average Bonchev–Trinajstić information content (AvgIpc) is 2.66. The Hall–Kier alpha value is -2.54. The van der Waals surface area contributed by atoms with Crippen LogP contribution in [0.15, 0.2) is 54.6 Å². The Bertz CT molecular complexity index is 867. The molecule has 0 saturated carbocycles. The highest BCUT2D eigenvalue weighted by Gasteiger charge is 2.32. The summed E-state index contributed by atoms with van der Waals surface area (Å²) in [4.78, 5) is 12.9. The van der Waals surface area contributed by atoms with Gasteiger partial charge in [-0.1, -0.05) is 37.3 Å². The van der Waals surface area contributed by atoms with Crippen molar-refractivity contribution in [2.75, 3.05) is 17.2 Å². The second kappa shape index (κ2) is 9.59. The Balaban J connectivity index is 2.28. The predicted octanol–water partition coefficient (Wildman–Crippen LogP) is 3.51. The molecule has 1 amide bonds. The topological polar surface area (TPSA) is 75.7 Å². The Morgan fingerprint density at radius 3 is 2.18 bits per heavy atom. The number of nitrogens with zero attached hydrogens (tertiary/aromatic N) is 1. The number of sulfonamides is 1. The van der Waals surface area contributed by atoms with Gasteiger partial charge in [-0.2, -0.15) is 0 Å². The molecule has 0 fully saturated rings. The first-order valence-electron chi connectivity index (χ1n) is 9.35. The molecule has 0 radical (unpaired) electrons. The fourth-order valence-electron chi connectivity index (χ4n) is 3.05. The summed E-state index contributed by atoms with van der Waals surface area (Å²) in [5, 5.41) is 2.93. The zero-order chi connectivity index (χ0) is 20.7. The van der Waals surface area contributed by atoms with E-state index in [2.05, 4.69) is 5.32 Å². The lowest BCUT2D eigenvalue weighted by Gasteiger charge is -2.31. The molecular formula is C21H28N2O4S. The molecule has 7 heteroatoms. The smallest absolute Gasteiger partial charge is 0.244 e. The lowest BCUT2D eigenvalue weighted by atomic mass is 10.1. The standard InChI is InChI=1S/C21H28N2O4S/c1-5-20(21(24)22-16(3)17-10-8-7-9-11-17)23(28(4,25)26)18-12-14-19(15-13-18)27-6-2/h7-16,20H,5-6H2,1-4H3,(H,22,24)/t16-,20-/m1/s1. The van der Waals surface area contributed by atoms with Gasteiger partial charge in [0.15, 0.2) is 0 Å². The molecule has 0 unspecified atom stereocenters. The van der Waals surface area contributed by atoms with Crippen molar-refractivity contribution in [3.63, 3.8) is 0 Å². The van der Waals surface area contributed by atoms with Gasteiger partial charge < -0.3 is 10.1 Å². The van der Waals surface area contributed by atoms with Crippen molar-refractivity contribution in [3.05, 3.63) is 60.2 Å². The third kappa shape index (κ3) is 5.48. The molecule has 2 atom stereocenters. The Morgan fingerprint density at radius 2 is 1.68 bits per heavy atom. The first-order valence-corrected chi connectivity index (χ1v) is 11.2. The van der Waals surface area contributed by atoms with Gasteiger partial charge in [0.05, 0.1) is 24.6 Å². The first kappa shape index (κ1) is 21.8. The summed E-state index contributed by atoms with van der Waals surface area (Å²) < 4.78 is 31.6. The lowest BCUT2D eigenvalue weighted by Crippen LogP contribution is -2.49. The van der Waals surface area contributed by atoms with E-state index in [9.17, 15) is 13.2 Å². The van der Waals surface area contributed by atoms with E-state index in [4.69, 9.17) is 4.74 Å². The van der Waals surface area contributed by atoms with Crippen LogP contribution >= 0.6 is 0 Å². The molecule has 2 aromatic rings. The first-order chi connectivity index (χ1) is 13.3. The third-order valence-electron chi connectivity index (χ3n) is 4.39. The van der Waals surface area contributed by atoms with Gasteiger partial charge >= 0.3 is 0 Å². The summed E-state index contributed by atoms with van der Waals surface area (Å²) in [5.74, 6) is 0.313.